The van der Waals surface area contributed by atoms with Gasteiger partial charge in [0, 0.05) is 43.9 Å². The molecular formula is C14H15N5O2S. The highest BCUT2D eigenvalue weighted by molar-refractivity contribution is 8.13. The molecule has 0 saturated carbocycles. The Bertz CT molecular complexity index is 674. The molecule has 8 heteroatoms. The number of nitrogens with one attached hydrogen (secondary N) is 1. The van der Waals surface area contributed by atoms with Crippen LogP contribution in [0.5, 0.6) is 0 Å². The minimum absolute atomic E-state index is 0.0476. The predicted molar refractivity (Wildman–Crippen MR) is 84.0 cm³/mol. The summed E-state index contributed by atoms with van der Waals surface area (Å²) in [7, 11) is 0. The highest BCUT2D eigenvalue weighted by atomic mass is 32.2. The SMILES string of the molecule is O=C(CCN1CCSC1=O)Nc1cccnc1-n1cccn1. The summed E-state index contributed by atoms with van der Waals surface area (Å²) < 4.78 is 1.59. The fourth-order valence-electron chi connectivity index (χ4n) is 2.15. The number of hydrogen-bond acceptors (Lipinski definition) is 5. The van der Waals surface area contributed by atoms with Gasteiger partial charge in [-0.05, 0) is 18.2 Å². The third-order valence-electron chi connectivity index (χ3n) is 3.24. The summed E-state index contributed by atoms with van der Waals surface area (Å²) in [6.45, 7) is 1.15. The molecule has 1 N–H and O–H groups in total. The zero-order valence-corrected chi connectivity index (χ0v) is 12.6. The molecule has 2 amide bonds. The molecule has 0 spiro atoms. The summed E-state index contributed by atoms with van der Waals surface area (Å²) in [6.07, 6.45) is 5.32. The van der Waals surface area contributed by atoms with Gasteiger partial charge >= 0.3 is 0 Å². The maximum Gasteiger partial charge on any atom is 0.281 e. The van der Waals surface area contributed by atoms with E-state index >= 15 is 0 Å². The van der Waals surface area contributed by atoms with Crippen LogP contribution in [0.4, 0.5) is 10.5 Å². The minimum Gasteiger partial charge on any atom is -0.332 e. The van der Waals surface area contributed by atoms with Crippen LogP contribution in [0.15, 0.2) is 36.8 Å². The fraction of sp³-hybridized carbons (Fsp3) is 0.286. The third kappa shape index (κ3) is 3.28. The second kappa shape index (κ2) is 6.61. The molecule has 1 aliphatic heterocycles. The molecule has 2 aromatic heterocycles. The van der Waals surface area contributed by atoms with E-state index in [0.717, 1.165) is 5.75 Å². The molecule has 0 bridgehead atoms. The average molecular weight is 317 g/mol. The summed E-state index contributed by atoms with van der Waals surface area (Å²) in [5.74, 6) is 1.21. The van der Waals surface area contributed by atoms with Gasteiger partial charge in [-0.3, -0.25) is 9.59 Å². The van der Waals surface area contributed by atoms with E-state index in [-0.39, 0.29) is 17.6 Å². The van der Waals surface area contributed by atoms with Gasteiger partial charge in [-0.1, -0.05) is 11.8 Å². The van der Waals surface area contributed by atoms with Gasteiger partial charge in [0.05, 0.1) is 5.69 Å². The predicted octanol–water partition coefficient (Wildman–Crippen LogP) is 1.76. The lowest BCUT2D eigenvalue weighted by Gasteiger charge is -2.14. The normalized spacial score (nSPS) is 14.4. The molecule has 1 saturated heterocycles. The second-order valence-corrected chi connectivity index (χ2v) is 5.77. The van der Waals surface area contributed by atoms with Crippen LogP contribution in [0.2, 0.25) is 0 Å². The standard InChI is InChI=1S/C14H15N5O2S/c20-12(4-8-18-9-10-22-14(18)21)17-11-3-1-5-15-13(11)19-7-2-6-16-19/h1-3,5-7H,4,8-10H2,(H,17,20). The van der Waals surface area contributed by atoms with Crippen molar-refractivity contribution in [1.82, 2.24) is 19.7 Å². The van der Waals surface area contributed by atoms with Crippen molar-refractivity contribution < 1.29 is 9.59 Å². The highest BCUT2D eigenvalue weighted by Gasteiger charge is 2.21. The van der Waals surface area contributed by atoms with E-state index in [2.05, 4.69) is 15.4 Å². The Kier molecular flexibility index (Phi) is 4.38. The number of aromatic nitrogens is 3. The molecule has 3 rings (SSSR count). The number of pyridine rings is 1. The number of thioether (sulfide) groups is 1. The summed E-state index contributed by atoms with van der Waals surface area (Å²) in [5.41, 5.74) is 0.596. The molecule has 0 aromatic carbocycles. The smallest absolute Gasteiger partial charge is 0.281 e. The van der Waals surface area contributed by atoms with Crippen LogP contribution in [0.1, 0.15) is 6.42 Å². The molecule has 22 heavy (non-hydrogen) atoms. The van der Waals surface area contributed by atoms with Crippen LogP contribution < -0.4 is 5.32 Å². The Labute approximate surface area is 131 Å². The van der Waals surface area contributed by atoms with Crippen molar-refractivity contribution in [3.8, 4) is 5.82 Å². The molecule has 0 atom stereocenters. The van der Waals surface area contributed by atoms with Gasteiger partial charge in [0.15, 0.2) is 5.82 Å². The third-order valence-corrected chi connectivity index (χ3v) is 4.13. The lowest BCUT2D eigenvalue weighted by Crippen LogP contribution is -2.28. The number of carbonyl (C=O) groups excluding carboxylic acids is 2. The van der Waals surface area contributed by atoms with E-state index in [1.807, 2.05) is 0 Å². The lowest BCUT2D eigenvalue weighted by molar-refractivity contribution is -0.116. The molecule has 3 heterocycles. The molecule has 114 valence electrons. The van der Waals surface area contributed by atoms with Crippen molar-refractivity contribution >= 4 is 28.6 Å². The Balaban J connectivity index is 1.63. The van der Waals surface area contributed by atoms with Gasteiger partial charge in [0.2, 0.25) is 5.91 Å². The first-order chi connectivity index (χ1) is 10.7. The first kappa shape index (κ1) is 14.6. The summed E-state index contributed by atoms with van der Waals surface area (Å²) >= 11 is 1.30. The first-order valence-electron chi connectivity index (χ1n) is 6.90. The Morgan fingerprint density at radius 1 is 1.36 bits per heavy atom. The van der Waals surface area contributed by atoms with Gasteiger partial charge in [-0.2, -0.15) is 5.10 Å². The number of nitrogens with zero attached hydrogens (tertiary/aromatic N) is 4. The number of carbonyl (C=O) groups is 2. The maximum atomic E-state index is 12.1. The Morgan fingerprint density at radius 2 is 2.27 bits per heavy atom. The summed E-state index contributed by atoms with van der Waals surface area (Å²) in [5, 5.41) is 7.00. The van der Waals surface area contributed by atoms with Crippen molar-refractivity contribution in [2.45, 2.75) is 6.42 Å². The molecule has 0 radical (unpaired) electrons. The second-order valence-electron chi connectivity index (χ2n) is 4.72. The Hall–Kier alpha value is -2.35. The van der Waals surface area contributed by atoms with E-state index in [4.69, 9.17) is 0 Å². The average Bonchev–Trinajstić information content (AvgIpc) is 3.17. The van der Waals surface area contributed by atoms with Crippen LogP contribution in [-0.4, -0.2) is 49.7 Å². The van der Waals surface area contributed by atoms with Gasteiger partial charge in [-0.25, -0.2) is 9.67 Å². The molecule has 7 nitrogen and oxygen atoms in total. The quantitative estimate of drug-likeness (QED) is 0.909. The monoisotopic (exact) mass is 317 g/mol. The molecule has 2 aromatic rings. The molecule has 0 unspecified atom stereocenters. The molecule has 1 aliphatic rings. The van der Waals surface area contributed by atoms with Crippen molar-refractivity contribution in [2.24, 2.45) is 0 Å². The summed E-state index contributed by atoms with van der Waals surface area (Å²) in [6, 6.07) is 5.32. The fourth-order valence-corrected chi connectivity index (χ4v) is 3.00. The van der Waals surface area contributed by atoms with Crippen LogP contribution in [0.25, 0.3) is 5.82 Å². The number of hydrogen-bond donors (Lipinski definition) is 1. The van der Waals surface area contributed by atoms with E-state index in [1.54, 1.807) is 46.4 Å². The number of rotatable bonds is 5. The van der Waals surface area contributed by atoms with Crippen molar-refractivity contribution in [3.05, 3.63) is 36.8 Å². The largest absolute Gasteiger partial charge is 0.332 e. The van der Waals surface area contributed by atoms with Crippen LogP contribution in [0.3, 0.4) is 0 Å². The molecule has 0 aliphatic carbocycles. The van der Waals surface area contributed by atoms with Crippen LogP contribution >= 0.6 is 11.8 Å². The van der Waals surface area contributed by atoms with Gasteiger partial charge in [0.1, 0.15) is 0 Å². The van der Waals surface area contributed by atoms with Gasteiger partial charge < -0.3 is 10.2 Å². The Morgan fingerprint density at radius 3 is 3.00 bits per heavy atom. The highest BCUT2D eigenvalue weighted by Crippen LogP contribution is 2.18. The molecule has 1 fully saturated rings. The van der Waals surface area contributed by atoms with Crippen molar-refractivity contribution in [3.63, 3.8) is 0 Å². The lowest BCUT2D eigenvalue weighted by atomic mass is 10.3. The van der Waals surface area contributed by atoms with E-state index in [0.29, 0.717) is 24.6 Å². The number of anilines is 1. The van der Waals surface area contributed by atoms with E-state index in [9.17, 15) is 9.59 Å². The van der Waals surface area contributed by atoms with E-state index < -0.39 is 0 Å². The maximum absolute atomic E-state index is 12.1. The minimum atomic E-state index is -0.147. The van der Waals surface area contributed by atoms with Crippen molar-refractivity contribution in [1.29, 1.82) is 0 Å². The van der Waals surface area contributed by atoms with Crippen molar-refractivity contribution in [2.75, 3.05) is 24.2 Å². The summed E-state index contributed by atoms with van der Waals surface area (Å²) in [4.78, 5) is 29.5. The van der Waals surface area contributed by atoms with E-state index in [1.165, 1.54) is 11.8 Å². The van der Waals surface area contributed by atoms with Crippen LogP contribution in [-0.2, 0) is 4.79 Å². The van der Waals surface area contributed by atoms with Gasteiger partial charge in [-0.15, -0.1) is 0 Å². The molecular weight excluding hydrogens is 302 g/mol. The zero-order chi connectivity index (χ0) is 15.4. The number of amides is 2. The zero-order valence-electron chi connectivity index (χ0n) is 11.8. The topological polar surface area (TPSA) is 80.1 Å². The first-order valence-corrected chi connectivity index (χ1v) is 7.89. The van der Waals surface area contributed by atoms with Gasteiger partial charge in [0.25, 0.3) is 5.24 Å². The van der Waals surface area contributed by atoms with Crippen LogP contribution in [0, 0.1) is 0 Å².